The lowest BCUT2D eigenvalue weighted by atomic mass is 10.1. The van der Waals surface area contributed by atoms with Crippen molar-refractivity contribution in [2.75, 3.05) is 10.7 Å². The molecular formula is C10H11F3INS. The molecule has 0 amide bonds. The largest absolute Gasteiger partial charge is 0.433 e. The highest BCUT2D eigenvalue weighted by Crippen LogP contribution is 2.32. The van der Waals surface area contributed by atoms with Crippen LogP contribution in [-0.2, 0) is 6.18 Å². The molecule has 6 heteroatoms. The second kappa shape index (κ2) is 6.09. The molecule has 1 aromatic heterocycles. The molecule has 0 N–H and O–H groups in total. The lowest BCUT2D eigenvalue weighted by Crippen LogP contribution is -2.08. The molecule has 0 aromatic carbocycles. The summed E-state index contributed by atoms with van der Waals surface area (Å²) in [6.07, 6.45) is -0.129. The Morgan fingerprint density at radius 1 is 1.44 bits per heavy atom. The topological polar surface area (TPSA) is 12.9 Å². The van der Waals surface area contributed by atoms with E-state index in [1.54, 1.807) is 11.8 Å². The maximum absolute atomic E-state index is 12.3. The van der Waals surface area contributed by atoms with E-state index in [-0.39, 0.29) is 5.25 Å². The van der Waals surface area contributed by atoms with E-state index >= 15 is 0 Å². The molecule has 0 fully saturated rings. The molecule has 0 bridgehead atoms. The zero-order chi connectivity index (χ0) is 12.2. The maximum atomic E-state index is 12.3. The number of hydrogen-bond donors (Lipinski definition) is 0. The second-order valence-electron chi connectivity index (χ2n) is 3.18. The summed E-state index contributed by atoms with van der Waals surface area (Å²) in [5, 5.41) is 0.228. The van der Waals surface area contributed by atoms with Crippen LogP contribution in [0.3, 0.4) is 0 Å². The van der Waals surface area contributed by atoms with Crippen LogP contribution in [0.4, 0.5) is 13.2 Å². The summed E-state index contributed by atoms with van der Waals surface area (Å²) in [5.41, 5.74) is 0.0303. The summed E-state index contributed by atoms with van der Waals surface area (Å²) in [4.78, 5) is 3.46. The van der Waals surface area contributed by atoms with E-state index in [9.17, 15) is 13.2 Å². The Morgan fingerprint density at radius 2 is 2.12 bits per heavy atom. The summed E-state index contributed by atoms with van der Waals surface area (Å²) in [5.74, 6) is 0. The van der Waals surface area contributed by atoms with Gasteiger partial charge in [-0.05, 0) is 24.3 Å². The monoisotopic (exact) mass is 361 g/mol. The first-order valence-electron chi connectivity index (χ1n) is 4.61. The van der Waals surface area contributed by atoms with Crippen LogP contribution in [0.15, 0.2) is 18.3 Å². The minimum atomic E-state index is -4.35. The van der Waals surface area contributed by atoms with Crippen molar-refractivity contribution >= 4 is 34.4 Å². The molecule has 0 aliphatic heterocycles. The molecule has 0 radical (unpaired) electrons. The van der Waals surface area contributed by atoms with E-state index in [1.165, 1.54) is 12.3 Å². The molecule has 1 aromatic rings. The second-order valence-corrected chi connectivity index (χ2v) is 5.30. The highest BCUT2D eigenvalue weighted by atomic mass is 127. The number of halogens is 4. The average Bonchev–Trinajstić information content (AvgIpc) is 2.25. The summed E-state index contributed by atoms with van der Waals surface area (Å²) in [7, 11) is 0. The summed E-state index contributed by atoms with van der Waals surface area (Å²) in [6, 6.07) is 2.56. The quantitative estimate of drug-likeness (QED) is 0.585. The van der Waals surface area contributed by atoms with E-state index in [1.807, 2.05) is 6.26 Å². The molecule has 0 saturated carbocycles. The summed E-state index contributed by atoms with van der Waals surface area (Å²) >= 11 is 3.89. The summed E-state index contributed by atoms with van der Waals surface area (Å²) in [6.45, 7) is 0. The van der Waals surface area contributed by atoms with E-state index in [4.69, 9.17) is 0 Å². The standard InChI is InChI=1S/C10H11F3INS/c1-16-8(4-5-14)7-2-3-9(15-6-7)10(11,12)13/h2-3,6,8H,4-5H2,1H3. The van der Waals surface area contributed by atoms with Gasteiger partial charge in [0.25, 0.3) is 0 Å². The molecule has 1 unspecified atom stereocenters. The highest BCUT2D eigenvalue weighted by molar-refractivity contribution is 14.1. The van der Waals surface area contributed by atoms with Gasteiger partial charge in [0.1, 0.15) is 5.69 Å². The van der Waals surface area contributed by atoms with Crippen LogP contribution in [-0.4, -0.2) is 15.7 Å². The van der Waals surface area contributed by atoms with Gasteiger partial charge in [-0.15, -0.1) is 0 Å². The van der Waals surface area contributed by atoms with Gasteiger partial charge in [-0.2, -0.15) is 24.9 Å². The summed E-state index contributed by atoms with van der Waals surface area (Å²) < 4.78 is 37.8. The molecular weight excluding hydrogens is 350 g/mol. The van der Waals surface area contributed by atoms with E-state index < -0.39 is 11.9 Å². The third kappa shape index (κ3) is 3.80. The van der Waals surface area contributed by atoms with Crippen molar-refractivity contribution in [2.45, 2.75) is 17.8 Å². The molecule has 0 aliphatic rings. The minimum Gasteiger partial charge on any atom is -0.251 e. The normalized spacial score (nSPS) is 13.8. The fourth-order valence-corrected chi connectivity index (χ4v) is 3.09. The van der Waals surface area contributed by atoms with Crippen LogP contribution in [0.2, 0.25) is 0 Å². The molecule has 0 aliphatic carbocycles. The van der Waals surface area contributed by atoms with Gasteiger partial charge < -0.3 is 0 Å². The van der Waals surface area contributed by atoms with Gasteiger partial charge in [0, 0.05) is 15.9 Å². The van der Waals surface area contributed by atoms with Crippen LogP contribution >= 0.6 is 34.4 Å². The Hall–Kier alpha value is 0.0200. The van der Waals surface area contributed by atoms with Crippen LogP contribution in [0, 0.1) is 0 Å². The minimum absolute atomic E-state index is 0.228. The number of rotatable bonds is 4. The van der Waals surface area contributed by atoms with E-state index in [2.05, 4.69) is 27.6 Å². The first-order valence-corrected chi connectivity index (χ1v) is 7.42. The number of alkyl halides is 4. The van der Waals surface area contributed by atoms with Gasteiger partial charge in [-0.1, -0.05) is 28.7 Å². The molecule has 0 saturated heterocycles. The molecule has 0 spiro atoms. The zero-order valence-electron chi connectivity index (χ0n) is 8.59. The lowest BCUT2D eigenvalue weighted by Gasteiger charge is -2.13. The van der Waals surface area contributed by atoms with Gasteiger partial charge in [0.2, 0.25) is 0 Å². The molecule has 16 heavy (non-hydrogen) atoms. The van der Waals surface area contributed by atoms with Gasteiger partial charge in [-0.25, -0.2) is 0 Å². The third-order valence-electron chi connectivity index (χ3n) is 2.10. The number of pyridine rings is 1. The van der Waals surface area contributed by atoms with Crippen molar-refractivity contribution in [1.82, 2.24) is 4.98 Å². The Morgan fingerprint density at radius 3 is 2.50 bits per heavy atom. The number of aromatic nitrogens is 1. The number of hydrogen-bond acceptors (Lipinski definition) is 2. The molecule has 90 valence electrons. The van der Waals surface area contributed by atoms with Crippen molar-refractivity contribution in [3.05, 3.63) is 29.6 Å². The van der Waals surface area contributed by atoms with Gasteiger partial charge in [0.05, 0.1) is 0 Å². The van der Waals surface area contributed by atoms with Crippen molar-refractivity contribution < 1.29 is 13.2 Å². The van der Waals surface area contributed by atoms with Crippen LogP contribution < -0.4 is 0 Å². The fraction of sp³-hybridized carbons (Fsp3) is 0.500. The van der Waals surface area contributed by atoms with Crippen molar-refractivity contribution in [2.24, 2.45) is 0 Å². The Kier molecular flexibility index (Phi) is 5.36. The highest BCUT2D eigenvalue weighted by Gasteiger charge is 2.32. The first-order chi connectivity index (χ1) is 7.49. The van der Waals surface area contributed by atoms with Gasteiger partial charge >= 0.3 is 6.18 Å². The molecule has 1 rings (SSSR count). The maximum Gasteiger partial charge on any atom is 0.433 e. The molecule has 1 heterocycles. The average molecular weight is 361 g/mol. The van der Waals surface area contributed by atoms with Crippen molar-refractivity contribution in [3.63, 3.8) is 0 Å². The van der Waals surface area contributed by atoms with Crippen molar-refractivity contribution in [1.29, 1.82) is 0 Å². The third-order valence-corrected chi connectivity index (χ3v) is 3.80. The lowest BCUT2D eigenvalue weighted by molar-refractivity contribution is -0.141. The zero-order valence-corrected chi connectivity index (χ0v) is 11.6. The van der Waals surface area contributed by atoms with Crippen LogP contribution in [0.1, 0.15) is 22.9 Å². The number of thioether (sulfide) groups is 1. The Labute approximate surface area is 110 Å². The van der Waals surface area contributed by atoms with Crippen molar-refractivity contribution in [3.8, 4) is 0 Å². The van der Waals surface area contributed by atoms with Crippen LogP contribution in [0.25, 0.3) is 0 Å². The fourth-order valence-electron chi connectivity index (χ4n) is 1.28. The van der Waals surface area contributed by atoms with Crippen LogP contribution in [0.5, 0.6) is 0 Å². The predicted molar refractivity (Wildman–Crippen MR) is 69.0 cm³/mol. The van der Waals surface area contributed by atoms with Gasteiger partial charge in [-0.3, -0.25) is 4.98 Å². The molecule has 1 nitrogen and oxygen atoms in total. The van der Waals surface area contributed by atoms with E-state index in [0.717, 1.165) is 22.5 Å². The predicted octanol–water partition coefficient (Wildman–Crippen LogP) is 4.33. The SMILES string of the molecule is CSC(CCI)c1ccc(C(F)(F)F)nc1. The van der Waals surface area contributed by atoms with Gasteiger partial charge in [0.15, 0.2) is 0 Å². The Bertz CT molecular complexity index is 326. The molecule has 1 atom stereocenters. The Balaban J connectivity index is 2.85. The first kappa shape index (κ1) is 14.1. The number of nitrogens with zero attached hydrogens (tertiary/aromatic N) is 1. The smallest absolute Gasteiger partial charge is 0.251 e. The van der Waals surface area contributed by atoms with E-state index in [0.29, 0.717) is 0 Å².